The second-order valence-corrected chi connectivity index (χ2v) is 14.7. The van der Waals surface area contributed by atoms with Gasteiger partial charge in [-0.15, -0.1) is 0 Å². The van der Waals surface area contributed by atoms with Gasteiger partial charge < -0.3 is 42.3 Å². The van der Waals surface area contributed by atoms with Crippen LogP contribution in [0.15, 0.2) is 54.6 Å². The Bertz CT molecular complexity index is 1560. The highest BCUT2D eigenvalue weighted by Crippen LogP contribution is 2.15. The molecule has 53 heavy (non-hydrogen) atoms. The Hall–Kier alpha value is -4.98. The lowest BCUT2D eigenvalue weighted by molar-refractivity contribution is -0.136. The fourth-order valence-electron chi connectivity index (χ4n) is 6.52. The summed E-state index contributed by atoms with van der Waals surface area (Å²) in [6, 6.07) is 10.2. The highest BCUT2D eigenvalue weighted by atomic mass is 16.3. The van der Waals surface area contributed by atoms with Crippen LogP contribution in [-0.4, -0.2) is 89.9 Å². The molecule has 4 rings (SSSR count). The minimum atomic E-state index is -1.08. The Kier molecular flexibility index (Phi) is 15.2. The van der Waals surface area contributed by atoms with E-state index in [2.05, 4.69) is 37.2 Å². The van der Waals surface area contributed by atoms with E-state index in [1.807, 2.05) is 44.2 Å². The number of hydrogen-bond donors (Lipinski definition) is 8. The van der Waals surface area contributed by atoms with Crippen LogP contribution in [0, 0.1) is 11.8 Å². The minimum absolute atomic E-state index is 0.0217. The molecule has 0 aliphatic carbocycles. The quantitative estimate of drug-likeness (QED) is 0.149. The zero-order valence-electron chi connectivity index (χ0n) is 31.1. The maximum absolute atomic E-state index is 13.9. The maximum atomic E-state index is 13.9. The molecule has 2 aliphatic rings. The Morgan fingerprint density at radius 2 is 1.45 bits per heavy atom. The van der Waals surface area contributed by atoms with E-state index in [-0.39, 0.29) is 49.3 Å². The third kappa shape index (κ3) is 12.6. The van der Waals surface area contributed by atoms with Crippen molar-refractivity contribution in [3.63, 3.8) is 0 Å². The number of phenols is 1. The van der Waals surface area contributed by atoms with Crippen molar-refractivity contribution in [2.24, 2.45) is 11.8 Å². The number of benzene rings is 2. The van der Waals surface area contributed by atoms with Crippen molar-refractivity contribution in [3.8, 4) is 5.75 Å². The number of hydrogen-bond acceptors (Lipinski definition) is 8. The smallest absolute Gasteiger partial charge is 0.243 e. The zero-order valence-corrected chi connectivity index (χ0v) is 31.1. The lowest BCUT2D eigenvalue weighted by Crippen LogP contribution is -2.61. The van der Waals surface area contributed by atoms with Gasteiger partial charge >= 0.3 is 0 Å². The highest BCUT2D eigenvalue weighted by molar-refractivity contribution is 5.97. The first kappa shape index (κ1) is 40.8. The summed E-state index contributed by atoms with van der Waals surface area (Å²) in [6.07, 6.45) is 2.66. The zero-order chi connectivity index (χ0) is 38.5. The van der Waals surface area contributed by atoms with E-state index in [0.29, 0.717) is 31.4 Å². The van der Waals surface area contributed by atoms with Crippen molar-refractivity contribution >= 4 is 35.4 Å². The molecule has 2 fully saturated rings. The summed E-state index contributed by atoms with van der Waals surface area (Å²) < 4.78 is 0. The fraction of sp³-hybridized carbons (Fsp3) is 0.538. The number of carbonyl (C=O) groups excluding carboxylic acids is 6. The van der Waals surface area contributed by atoms with E-state index in [4.69, 9.17) is 0 Å². The van der Waals surface area contributed by atoms with Crippen LogP contribution >= 0.6 is 0 Å². The van der Waals surface area contributed by atoms with Crippen LogP contribution in [-0.2, 0) is 41.6 Å². The molecule has 0 saturated carbocycles. The number of nitrogens with one attached hydrogen (secondary N) is 7. The minimum Gasteiger partial charge on any atom is -0.508 e. The molecule has 0 aromatic heterocycles. The van der Waals surface area contributed by atoms with E-state index in [9.17, 15) is 33.9 Å². The first-order chi connectivity index (χ1) is 25.3. The first-order valence-electron chi connectivity index (χ1n) is 18.7. The van der Waals surface area contributed by atoms with Crippen molar-refractivity contribution in [1.82, 2.24) is 37.2 Å². The van der Waals surface area contributed by atoms with Gasteiger partial charge in [0.05, 0.1) is 6.04 Å². The van der Waals surface area contributed by atoms with Crippen molar-refractivity contribution < 1.29 is 33.9 Å². The van der Waals surface area contributed by atoms with Crippen LogP contribution in [0.4, 0.5) is 0 Å². The molecule has 0 radical (unpaired) electrons. The second kappa shape index (κ2) is 19.7. The van der Waals surface area contributed by atoms with Crippen LogP contribution in [0.25, 0.3) is 0 Å². The van der Waals surface area contributed by atoms with Crippen molar-refractivity contribution in [2.45, 2.75) is 109 Å². The summed E-state index contributed by atoms with van der Waals surface area (Å²) in [5.41, 5.74) is 1.57. The average molecular weight is 734 g/mol. The summed E-state index contributed by atoms with van der Waals surface area (Å²) >= 11 is 0. The summed E-state index contributed by atoms with van der Waals surface area (Å²) in [4.78, 5) is 81.4. The van der Waals surface area contributed by atoms with E-state index < -0.39 is 65.8 Å². The largest absolute Gasteiger partial charge is 0.508 e. The molecule has 0 spiro atoms. The predicted octanol–water partition coefficient (Wildman–Crippen LogP) is 0.966. The molecule has 8 N–H and O–H groups in total. The SMILES string of the molecule is CC(C)C[C@@H]1NC(=O)[C@@H](NC(=O)[C@@H](NC(=O)[C@@H](Cc2ccc(O)cc2)NC(=O)[C@@H]2CCCN2)C(C)C)CCCNC(=O)[C@@H](Cc2ccccc2)NC1=O. The summed E-state index contributed by atoms with van der Waals surface area (Å²) in [7, 11) is 0. The molecule has 2 heterocycles. The molecular formula is C39H55N7O7. The Balaban J connectivity index is 1.49. The van der Waals surface area contributed by atoms with Crippen LogP contribution < -0.4 is 37.2 Å². The van der Waals surface area contributed by atoms with Crippen LogP contribution in [0.5, 0.6) is 5.75 Å². The third-order valence-corrected chi connectivity index (χ3v) is 9.49. The topological polar surface area (TPSA) is 207 Å². The van der Waals surface area contributed by atoms with Gasteiger partial charge in [0.1, 0.15) is 36.0 Å². The van der Waals surface area contributed by atoms with Gasteiger partial charge in [-0.1, -0.05) is 70.2 Å². The molecule has 0 unspecified atom stereocenters. The molecule has 14 heteroatoms. The van der Waals surface area contributed by atoms with Gasteiger partial charge in [-0.25, -0.2) is 0 Å². The van der Waals surface area contributed by atoms with Gasteiger partial charge in [0.25, 0.3) is 0 Å². The average Bonchev–Trinajstić information content (AvgIpc) is 3.67. The number of phenolic OH excluding ortho intramolecular Hbond substituents is 1. The normalized spacial score (nSPS) is 22.3. The number of aromatic hydroxyl groups is 1. The van der Waals surface area contributed by atoms with E-state index in [0.717, 1.165) is 12.0 Å². The molecule has 6 atom stereocenters. The van der Waals surface area contributed by atoms with E-state index >= 15 is 0 Å². The Morgan fingerprint density at radius 3 is 2.09 bits per heavy atom. The van der Waals surface area contributed by atoms with E-state index in [1.165, 1.54) is 12.1 Å². The molecule has 2 aliphatic heterocycles. The van der Waals surface area contributed by atoms with Gasteiger partial charge in [-0.3, -0.25) is 28.8 Å². The van der Waals surface area contributed by atoms with Gasteiger partial charge in [-0.05, 0) is 73.7 Å². The predicted molar refractivity (Wildman–Crippen MR) is 199 cm³/mol. The molecule has 2 aromatic carbocycles. The number of rotatable bonds is 13. The Labute approximate surface area is 311 Å². The van der Waals surface area contributed by atoms with E-state index in [1.54, 1.807) is 26.0 Å². The lowest BCUT2D eigenvalue weighted by atomic mass is 9.98. The Morgan fingerprint density at radius 1 is 0.774 bits per heavy atom. The molecule has 0 bridgehead atoms. The van der Waals surface area contributed by atoms with Crippen molar-refractivity contribution in [1.29, 1.82) is 0 Å². The second-order valence-electron chi connectivity index (χ2n) is 14.7. The van der Waals surface area contributed by atoms with Gasteiger partial charge in [0, 0.05) is 19.4 Å². The van der Waals surface area contributed by atoms with Crippen LogP contribution in [0.2, 0.25) is 0 Å². The highest BCUT2D eigenvalue weighted by Gasteiger charge is 2.35. The fourth-order valence-corrected chi connectivity index (χ4v) is 6.52. The lowest BCUT2D eigenvalue weighted by Gasteiger charge is -2.29. The van der Waals surface area contributed by atoms with Crippen molar-refractivity contribution in [3.05, 3.63) is 65.7 Å². The monoisotopic (exact) mass is 733 g/mol. The summed E-state index contributed by atoms with van der Waals surface area (Å²) in [5.74, 6) is -3.24. The molecule has 6 amide bonds. The molecule has 2 saturated heterocycles. The molecule has 2 aromatic rings. The number of amides is 6. The molecular weight excluding hydrogens is 678 g/mol. The van der Waals surface area contributed by atoms with Gasteiger partial charge in [0.15, 0.2) is 0 Å². The van der Waals surface area contributed by atoms with Gasteiger partial charge in [0.2, 0.25) is 35.4 Å². The summed E-state index contributed by atoms with van der Waals surface area (Å²) in [6.45, 7) is 8.24. The molecule has 288 valence electrons. The van der Waals surface area contributed by atoms with Gasteiger partial charge in [-0.2, -0.15) is 0 Å². The van der Waals surface area contributed by atoms with Crippen LogP contribution in [0.3, 0.4) is 0 Å². The van der Waals surface area contributed by atoms with Crippen molar-refractivity contribution in [2.75, 3.05) is 13.1 Å². The summed E-state index contributed by atoms with van der Waals surface area (Å²) in [5, 5.41) is 29.8. The third-order valence-electron chi connectivity index (χ3n) is 9.49. The first-order valence-corrected chi connectivity index (χ1v) is 18.7. The maximum Gasteiger partial charge on any atom is 0.243 e. The van der Waals surface area contributed by atoms with Crippen LogP contribution in [0.1, 0.15) is 70.9 Å². The molecule has 14 nitrogen and oxygen atoms in total. The standard InChI is InChI=1S/C39H55N7O7/c1-23(2)20-30-37(51)44-31(21-25-10-6-5-7-11-25)34(48)41-19-9-13-29(36(50)43-30)42-39(53)33(24(3)4)46-38(52)32(22-26-14-16-27(47)17-15-26)45-35(49)28-12-8-18-40-28/h5-7,10-11,14-17,23-24,28-33,40,47H,8-9,12-13,18-22H2,1-4H3,(H,41,48)(H,42,53)(H,43,50)(H,44,51)(H,45,49)(H,46,52)/t28-,29-,30-,31+,32+,33-/m0/s1. The number of carbonyl (C=O) groups is 6.